The van der Waals surface area contributed by atoms with Crippen molar-refractivity contribution in [1.82, 2.24) is 14.8 Å². The highest BCUT2D eigenvalue weighted by Crippen LogP contribution is 2.29. The Hall–Kier alpha value is -1.81. The molecule has 1 saturated heterocycles. The second-order valence-electron chi connectivity index (χ2n) is 6.73. The number of carbonyl (C=O) groups excluding carboxylic acids is 1. The van der Waals surface area contributed by atoms with E-state index < -0.39 is 0 Å². The van der Waals surface area contributed by atoms with Crippen molar-refractivity contribution in [2.24, 2.45) is 0 Å². The van der Waals surface area contributed by atoms with Crippen molar-refractivity contribution in [3.05, 3.63) is 34.5 Å². The maximum Gasteiger partial charge on any atom is 0.270 e. The SMILES string of the molecule is Cc1ccc(C)c2c(C)c(C(=O)N3CC[C@@H](N(C)C)C3)[nH]c12. The van der Waals surface area contributed by atoms with Gasteiger partial charge in [0.25, 0.3) is 5.91 Å². The van der Waals surface area contributed by atoms with Gasteiger partial charge in [-0.05, 0) is 58.0 Å². The van der Waals surface area contributed by atoms with E-state index in [-0.39, 0.29) is 5.91 Å². The average Bonchev–Trinajstić information content (AvgIpc) is 3.08. The Morgan fingerprint density at radius 2 is 1.91 bits per heavy atom. The molecule has 1 aliphatic heterocycles. The summed E-state index contributed by atoms with van der Waals surface area (Å²) < 4.78 is 0. The number of hydrogen-bond donors (Lipinski definition) is 1. The number of benzene rings is 1. The van der Waals surface area contributed by atoms with E-state index in [0.29, 0.717) is 6.04 Å². The Balaban J connectivity index is 1.97. The van der Waals surface area contributed by atoms with E-state index in [1.165, 1.54) is 16.5 Å². The summed E-state index contributed by atoms with van der Waals surface area (Å²) in [6.45, 7) is 7.91. The summed E-state index contributed by atoms with van der Waals surface area (Å²) in [5.41, 5.74) is 5.35. The second kappa shape index (κ2) is 5.43. The predicted molar refractivity (Wildman–Crippen MR) is 90.5 cm³/mol. The van der Waals surface area contributed by atoms with Crippen molar-refractivity contribution in [3.63, 3.8) is 0 Å². The molecule has 4 nitrogen and oxygen atoms in total. The molecule has 118 valence electrons. The van der Waals surface area contributed by atoms with Crippen molar-refractivity contribution in [2.75, 3.05) is 27.2 Å². The number of likely N-dealkylation sites (tertiary alicyclic amines) is 1. The maximum atomic E-state index is 12.9. The molecule has 1 fully saturated rings. The lowest BCUT2D eigenvalue weighted by molar-refractivity contribution is 0.0777. The summed E-state index contributed by atoms with van der Waals surface area (Å²) in [5, 5.41) is 1.20. The molecule has 1 amide bonds. The van der Waals surface area contributed by atoms with Gasteiger partial charge in [-0.3, -0.25) is 4.79 Å². The van der Waals surface area contributed by atoms with Crippen LogP contribution >= 0.6 is 0 Å². The van der Waals surface area contributed by atoms with Gasteiger partial charge in [-0.1, -0.05) is 12.1 Å². The number of carbonyl (C=O) groups is 1. The third-order valence-electron chi connectivity index (χ3n) is 5.02. The molecule has 0 saturated carbocycles. The molecule has 0 radical (unpaired) electrons. The number of nitrogens with zero attached hydrogens (tertiary/aromatic N) is 2. The van der Waals surface area contributed by atoms with Gasteiger partial charge in [-0.2, -0.15) is 0 Å². The van der Waals surface area contributed by atoms with E-state index in [0.717, 1.165) is 36.3 Å². The quantitative estimate of drug-likeness (QED) is 0.926. The normalized spacial score (nSPS) is 18.6. The Bertz CT molecular complexity index is 729. The van der Waals surface area contributed by atoms with Crippen LogP contribution in [-0.4, -0.2) is 53.9 Å². The third-order valence-corrected chi connectivity index (χ3v) is 5.02. The van der Waals surface area contributed by atoms with Gasteiger partial charge < -0.3 is 14.8 Å². The first-order valence-electron chi connectivity index (χ1n) is 7.94. The maximum absolute atomic E-state index is 12.9. The first-order chi connectivity index (χ1) is 10.4. The number of H-pyrrole nitrogens is 1. The molecule has 4 heteroatoms. The second-order valence-corrected chi connectivity index (χ2v) is 6.73. The molecule has 0 spiro atoms. The summed E-state index contributed by atoms with van der Waals surface area (Å²) in [6.07, 6.45) is 1.05. The summed E-state index contributed by atoms with van der Waals surface area (Å²) >= 11 is 0. The number of aromatic amines is 1. The summed E-state index contributed by atoms with van der Waals surface area (Å²) in [6, 6.07) is 4.71. The molecule has 0 bridgehead atoms. The van der Waals surface area contributed by atoms with Crippen LogP contribution in [0.1, 0.15) is 33.6 Å². The molecule has 2 heterocycles. The van der Waals surface area contributed by atoms with Gasteiger partial charge in [-0.15, -0.1) is 0 Å². The molecule has 3 rings (SSSR count). The van der Waals surface area contributed by atoms with Crippen LogP contribution in [0.15, 0.2) is 12.1 Å². The van der Waals surface area contributed by atoms with Crippen LogP contribution in [0.3, 0.4) is 0 Å². The number of aryl methyl sites for hydroxylation is 3. The van der Waals surface area contributed by atoms with Crippen molar-refractivity contribution in [3.8, 4) is 0 Å². The molecular formula is C18H25N3O. The fourth-order valence-electron chi connectivity index (χ4n) is 3.52. The largest absolute Gasteiger partial charge is 0.350 e. The Kier molecular flexibility index (Phi) is 3.73. The highest BCUT2D eigenvalue weighted by Gasteiger charge is 2.30. The summed E-state index contributed by atoms with van der Waals surface area (Å²) in [5.74, 6) is 0.136. The molecule has 1 aromatic heterocycles. The van der Waals surface area contributed by atoms with Gasteiger partial charge in [0.2, 0.25) is 0 Å². The minimum atomic E-state index is 0.136. The lowest BCUT2D eigenvalue weighted by Crippen LogP contribution is -2.34. The molecule has 1 N–H and O–H groups in total. The van der Waals surface area contributed by atoms with Gasteiger partial charge in [0.05, 0.1) is 0 Å². The highest BCUT2D eigenvalue weighted by atomic mass is 16.2. The smallest absolute Gasteiger partial charge is 0.270 e. The van der Waals surface area contributed by atoms with Gasteiger partial charge in [0.15, 0.2) is 0 Å². The molecule has 0 aliphatic carbocycles. The van der Waals surface area contributed by atoms with E-state index in [4.69, 9.17) is 0 Å². The number of likely N-dealkylation sites (N-methyl/N-ethyl adjacent to an activating group) is 1. The molecule has 1 aromatic carbocycles. The standard InChI is InChI=1S/C18H25N3O/c1-11-6-7-12(2)16-15(11)13(3)17(19-16)18(22)21-9-8-14(10-21)20(4)5/h6-7,14,19H,8-10H2,1-5H3/t14-/m1/s1. The van der Waals surface area contributed by atoms with Gasteiger partial charge in [-0.25, -0.2) is 0 Å². The first kappa shape index (κ1) is 15.1. The van der Waals surface area contributed by atoms with Crippen LogP contribution in [0.5, 0.6) is 0 Å². The summed E-state index contributed by atoms with van der Waals surface area (Å²) in [7, 11) is 4.17. The van der Waals surface area contributed by atoms with Crippen LogP contribution in [0.25, 0.3) is 10.9 Å². The molecule has 0 unspecified atom stereocenters. The third kappa shape index (κ3) is 2.31. The van der Waals surface area contributed by atoms with Crippen molar-refractivity contribution >= 4 is 16.8 Å². The number of amides is 1. The number of nitrogens with one attached hydrogen (secondary N) is 1. The van der Waals surface area contributed by atoms with E-state index in [9.17, 15) is 4.79 Å². The average molecular weight is 299 g/mol. The minimum Gasteiger partial charge on any atom is -0.350 e. The topological polar surface area (TPSA) is 39.3 Å². The van der Waals surface area contributed by atoms with Crippen molar-refractivity contribution in [2.45, 2.75) is 33.2 Å². The van der Waals surface area contributed by atoms with Gasteiger partial charge >= 0.3 is 0 Å². The number of aromatic nitrogens is 1. The lowest BCUT2D eigenvalue weighted by Gasteiger charge is -2.20. The van der Waals surface area contributed by atoms with Crippen LogP contribution in [0.4, 0.5) is 0 Å². The monoisotopic (exact) mass is 299 g/mol. The Morgan fingerprint density at radius 3 is 2.50 bits per heavy atom. The highest BCUT2D eigenvalue weighted by molar-refractivity contribution is 6.02. The zero-order valence-electron chi connectivity index (χ0n) is 14.2. The molecule has 2 aromatic rings. The number of hydrogen-bond acceptors (Lipinski definition) is 2. The number of fused-ring (bicyclic) bond motifs is 1. The molecule has 1 atom stereocenters. The first-order valence-corrected chi connectivity index (χ1v) is 7.94. The zero-order valence-corrected chi connectivity index (χ0v) is 14.2. The van der Waals surface area contributed by atoms with Gasteiger partial charge in [0.1, 0.15) is 5.69 Å². The van der Waals surface area contributed by atoms with Crippen LogP contribution in [-0.2, 0) is 0 Å². The Morgan fingerprint density at radius 1 is 1.23 bits per heavy atom. The van der Waals surface area contributed by atoms with Crippen LogP contribution in [0, 0.1) is 20.8 Å². The number of rotatable bonds is 2. The zero-order chi connectivity index (χ0) is 16.0. The van der Waals surface area contributed by atoms with E-state index in [2.05, 4.69) is 56.9 Å². The van der Waals surface area contributed by atoms with E-state index in [1.807, 2.05) is 4.90 Å². The Labute approximate surface area is 132 Å². The van der Waals surface area contributed by atoms with Crippen molar-refractivity contribution in [1.29, 1.82) is 0 Å². The molecule has 1 aliphatic rings. The minimum absolute atomic E-state index is 0.136. The van der Waals surface area contributed by atoms with E-state index >= 15 is 0 Å². The molecular weight excluding hydrogens is 274 g/mol. The van der Waals surface area contributed by atoms with Crippen molar-refractivity contribution < 1.29 is 4.79 Å². The predicted octanol–water partition coefficient (Wildman–Crippen LogP) is 2.87. The molecule has 22 heavy (non-hydrogen) atoms. The fourth-order valence-corrected chi connectivity index (χ4v) is 3.52. The summed E-state index contributed by atoms with van der Waals surface area (Å²) in [4.78, 5) is 20.5. The lowest BCUT2D eigenvalue weighted by atomic mass is 10.0. The van der Waals surface area contributed by atoms with Crippen LogP contribution in [0.2, 0.25) is 0 Å². The van der Waals surface area contributed by atoms with Crippen LogP contribution < -0.4 is 0 Å². The van der Waals surface area contributed by atoms with Gasteiger partial charge in [0, 0.05) is 30.0 Å². The fraction of sp³-hybridized carbons (Fsp3) is 0.500. The van der Waals surface area contributed by atoms with E-state index in [1.54, 1.807) is 0 Å².